The molecule has 8 N–H and O–H groups in total. The minimum atomic E-state index is -0.390. The van der Waals surface area contributed by atoms with Crippen LogP contribution in [0.4, 0.5) is 32.1 Å². The number of hydrogen-bond donors (Lipinski definition) is 8. The highest BCUT2D eigenvalue weighted by atomic mass is 19.1. The molecule has 0 bridgehead atoms. The maximum absolute atomic E-state index is 14.3. The van der Waals surface area contributed by atoms with Crippen LogP contribution in [0.1, 0.15) is 126 Å². The normalized spacial score (nSPS) is 12.4. The van der Waals surface area contributed by atoms with Gasteiger partial charge in [-0.05, 0) is 215 Å². The van der Waals surface area contributed by atoms with Crippen LogP contribution in [0.25, 0.3) is 110 Å². The van der Waals surface area contributed by atoms with Crippen LogP contribution in [-0.2, 0) is 0 Å². The van der Waals surface area contributed by atoms with Gasteiger partial charge in [0.2, 0.25) is 0 Å². The van der Waals surface area contributed by atoms with Gasteiger partial charge in [0.15, 0.2) is 45.9 Å². The van der Waals surface area contributed by atoms with E-state index in [9.17, 15) is 28.0 Å². The van der Waals surface area contributed by atoms with Crippen molar-refractivity contribution in [1.29, 1.82) is 0 Å². The highest BCUT2D eigenvalue weighted by Gasteiger charge is 2.27. The summed E-state index contributed by atoms with van der Waals surface area (Å²) < 4.78 is 35.4. The van der Waals surface area contributed by atoms with E-state index < -0.39 is 11.6 Å². The number of aryl methyl sites for hydroxylation is 7. The number of nitrogens with one attached hydrogen (secondary N) is 8. The van der Waals surface area contributed by atoms with Crippen LogP contribution in [-0.4, -0.2) is 98.0 Å². The van der Waals surface area contributed by atoms with Gasteiger partial charge in [0.05, 0.1) is 82.4 Å². The lowest BCUT2D eigenvalue weighted by Gasteiger charge is -2.24. The Hall–Kier alpha value is -16.1. The molecule has 0 saturated heterocycles. The molecule has 4 unspecified atom stereocenters. The van der Waals surface area contributed by atoms with E-state index in [1.807, 2.05) is 209 Å². The molecule has 12 aromatic heterocycles. The van der Waals surface area contributed by atoms with Gasteiger partial charge in [-0.15, -0.1) is 0 Å². The van der Waals surface area contributed by atoms with Gasteiger partial charge >= 0.3 is 0 Å². The number of rotatable bonds is 18. The molecule has 0 amide bonds. The molecule has 28 nitrogen and oxygen atoms in total. The van der Waals surface area contributed by atoms with Gasteiger partial charge in [0.1, 0.15) is 59.0 Å². The van der Waals surface area contributed by atoms with Crippen molar-refractivity contribution in [2.75, 3.05) is 21.3 Å². The first-order chi connectivity index (χ1) is 61.6. The van der Waals surface area contributed by atoms with Crippen LogP contribution in [0.3, 0.4) is 0 Å². The zero-order valence-corrected chi connectivity index (χ0v) is 71.3. The van der Waals surface area contributed by atoms with Gasteiger partial charge in [-0.2, -0.15) is 0 Å². The van der Waals surface area contributed by atoms with Crippen LogP contribution in [0.5, 0.6) is 0 Å². The van der Waals surface area contributed by atoms with Gasteiger partial charge in [-0.3, -0.25) is 37.4 Å². The lowest BCUT2D eigenvalue weighted by atomic mass is 10.0. The number of halogens is 2. The molecule has 0 aliphatic heterocycles. The number of benzene rings is 8. The van der Waals surface area contributed by atoms with E-state index in [1.165, 1.54) is 49.6 Å². The molecule has 12 heterocycles. The first-order valence-electron chi connectivity index (χ1n) is 41.5. The van der Waals surface area contributed by atoms with E-state index in [0.29, 0.717) is 90.4 Å². The largest absolute Gasteiger partial charge is 0.360 e. The standard InChI is InChI=1S/C25H24N6O.2C24H21FN6O.C24H22N6O/c1-4-19(30-24-22-23(27-13-26-22)28-14-29-24)20-12-17-7-5-6-16(3)21(17)25(32)31(20)18-10-8-15(2)9-11-18;2*1-13-7-17(25)10-18(8-13)31-19(9-16-6-4-5-14(2)20(16)24(31)32)15(3)30-23-21-22(27-11-26-21)28-12-29-23;1-3-18(29-23-21-22(26-13-25-21)27-14-28-23)19-12-16-9-7-8-15(2)20(16)24(31)30(19)17-10-5-4-6-11-17/h5-14,19H,4H2,1-3H3,(H2,26,27,28,29,30);2*4-12,15H,1-3H3,(H2,26,27,28,29,30);4-14,18H,3H2,1-2H3,(H2,25,26,27,28,29). The van der Waals surface area contributed by atoms with Crippen molar-refractivity contribution in [3.8, 4) is 22.7 Å². The highest BCUT2D eigenvalue weighted by Crippen LogP contribution is 2.35. The molecule has 0 aliphatic carbocycles. The molecule has 0 aliphatic rings. The number of pyridine rings is 4. The van der Waals surface area contributed by atoms with Crippen LogP contribution in [0, 0.1) is 60.1 Å². The van der Waals surface area contributed by atoms with E-state index in [0.717, 1.165) is 118 Å². The Morgan fingerprint density at radius 2 is 0.606 bits per heavy atom. The average molecular weight is 1690 g/mol. The number of aromatic amines is 4. The third-order valence-electron chi connectivity index (χ3n) is 22.6. The second-order valence-electron chi connectivity index (χ2n) is 31.4. The number of nitrogens with zero attached hydrogens (tertiary/aromatic N) is 16. The van der Waals surface area contributed by atoms with Gasteiger partial charge in [0, 0.05) is 34.2 Å². The van der Waals surface area contributed by atoms with E-state index in [1.54, 1.807) is 48.3 Å². The van der Waals surface area contributed by atoms with Crippen molar-refractivity contribution in [3.05, 3.63) is 353 Å². The molecule has 634 valence electrons. The van der Waals surface area contributed by atoms with Crippen molar-refractivity contribution in [2.45, 2.75) is 113 Å². The fourth-order valence-corrected chi connectivity index (χ4v) is 16.6. The summed E-state index contributed by atoms with van der Waals surface area (Å²) in [4.78, 5) is 118. The van der Waals surface area contributed by atoms with Crippen molar-refractivity contribution in [3.63, 3.8) is 0 Å². The third kappa shape index (κ3) is 16.6. The second-order valence-corrected chi connectivity index (χ2v) is 31.4. The van der Waals surface area contributed by atoms with Crippen molar-refractivity contribution in [2.24, 2.45) is 0 Å². The summed E-state index contributed by atoms with van der Waals surface area (Å²) in [5.41, 5.74) is 16.8. The Morgan fingerprint density at radius 1 is 0.307 bits per heavy atom. The van der Waals surface area contributed by atoms with E-state index in [2.05, 4.69) is 127 Å². The molecule has 8 aromatic carbocycles. The van der Waals surface area contributed by atoms with Gasteiger partial charge in [0.25, 0.3) is 22.2 Å². The Bertz CT molecular complexity index is 7560. The summed E-state index contributed by atoms with van der Waals surface area (Å²) in [5.74, 6) is 1.67. The first-order valence-corrected chi connectivity index (χ1v) is 41.5. The molecule has 127 heavy (non-hydrogen) atoms. The van der Waals surface area contributed by atoms with E-state index in [-0.39, 0.29) is 46.4 Å². The van der Waals surface area contributed by atoms with Crippen molar-refractivity contribution < 1.29 is 8.78 Å². The summed E-state index contributed by atoms with van der Waals surface area (Å²) in [6.07, 6.45) is 13.7. The molecule has 0 saturated carbocycles. The lowest BCUT2D eigenvalue weighted by Crippen LogP contribution is -2.27. The summed E-state index contributed by atoms with van der Waals surface area (Å²) in [6.45, 7) is 21.5. The molecular formula is C97H88F2N24O4. The average Bonchev–Trinajstić information content (AvgIpc) is 1.34. The van der Waals surface area contributed by atoms with Crippen molar-refractivity contribution in [1.82, 2.24) is 98.0 Å². The SMILES string of the molecule is CCC(Nc1ncnc2nc[nH]c12)c1cc2cccc(C)c2c(=O)n1-c1ccc(C)cc1.CCC(Nc1ncnc2nc[nH]c12)c1cc2cccc(C)c2c(=O)n1-c1ccccc1.Cc1cc(F)cc(-n2c(C(C)Nc3ncnc4nc[nH]c34)cc3cccc(C)c3c2=O)c1.Cc1cc(F)cc(-n2c(C(C)Nc3ncnc4nc[nH]c34)cc3cccc(C)c3c2=O)c1. The lowest BCUT2D eigenvalue weighted by molar-refractivity contribution is 0.623. The van der Waals surface area contributed by atoms with Crippen LogP contribution in [0.15, 0.2) is 258 Å². The monoisotopic (exact) mass is 1690 g/mol. The van der Waals surface area contributed by atoms with Crippen molar-refractivity contribution >= 4 is 111 Å². The number of fused-ring (bicyclic) bond motifs is 8. The topological polar surface area (TPSA) is 354 Å². The molecule has 30 heteroatoms. The Kier molecular flexibility index (Phi) is 23.2. The van der Waals surface area contributed by atoms with Gasteiger partial charge in [-0.25, -0.2) is 68.6 Å². The number of anilines is 4. The molecule has 0 radical (unpaired) electrons. The molecule has 20 aromatic rings. The zero-order valence-electron chi connectivity index (χ0n) is 71.3. The Balaban J connectivity index is 0.000000119. The van der Waals surface area contributed by atoms with E-state index >= 15 is 0 Å². The second kappa shape index (κ2) is 35.4. The number of hydrogen-bond acceptors (Lipinski definition) is 20. The minimum absolute atomic E-state index is 0.0194. The first kappa shape index (κ1) is 83.1. The Morgan fingerprint density at radius 3 is 0.921 bits per heavy atom. The quantitative estimate of drug-likeness (QED) is 0.0395. The summed E-state index contributed by atoms with van der Waals surface area (Å²) in [6, 6.07) is 57.6. The molecule has 0 fully saturated rings. The Labute approximate surface area is 724 Å². The predicted octanol–water partition coefficient (Wildman–Crippen LogP) is 18.5. The van der Waals surface area contributed by atoms with Crippen LogP contribution < -0.4 is 43.5 Å². The molecule has 4 atom stereocenters. The number of imidazole rings is 4. The summed E-state index contributed by atoms with van der Waals surface area (Å²) in [7, 11) is 0. The molecular weight excluding hydrogens is 1600 g/mol. The highest BCUT2D eigenvalue weighted by molar-refractivity contribution is 5.91. The van der Waals surface area contributed by atoms with Crippen LogP contribution in [0.2, 0.25) is 0 Å². The number of para-hydroxylation sites is 1. The minimum Gasteiger partial charge on any atom is -0.360 e. The van der Waals surface area contributed by atoms with Gasteiger partial charge < -0.3 is 41.2 Å². The fourth-order valence-electron chi connectivity index (χ4n) is 16.6. The third-order valence-corrected chi connectivity index (χ3v) is 22.6. The maximum Gasteiger partial charge on any atom is 0.263 e. The summed E-state index contributed by atoms with van der Waals surface area (Å²) >= 11 is 0. The predicted molar refractivity (Wildman–Crippen MR) is 495 cm³/mol. The fraction of sp³-hybridized carbons (Fsp3) is 0.175. The van der Waals surface area contributed by atoms with E-state index in [4.69, 9.17) is 0 Å². The summed E-state index contributed by atoms with van der Waals surface area (Å²) in [5, 5.41) is 20.0. The smallest absolute Gasteiger partial charge is 0.263 e. The maximum atomic E-state index is 14.3. The molecule has 20 rings (SSSR count). The zero-order chi connectivity index (χ0) is 88.4. The molecule has 0 spiro atoms. The number of aromatic nitrogens is 20. The van der Waals surface area contributed by atoms with Gasteiger partial charge in [-0.1, -0.05) is 123 Å². The van der Waals surface area contributed by atoms with Crippen LogP contribution >= 0.6 is 0 Å². The number of H-pyrrole nitrogens is 4.